The number of nitrogens with one attached hydrogen (secondary N) is 1. The van der Waals surface area contributed by atoms with Crippen molar-refractivity contribution in [3.63, 3.8) is 0 Å². The number of ether oxygens (including phenoxy) is 2. The summed E-state index contributed by atoms with van der Waals surface area (Å²) in [5, 5.41) is 3.15. The Morgan fingerprint density at radius 3 is 2.42 bits per heavy atom. The van der Waals surface area contributed by atoms with Gasteiger partial charge in [0, 0.05) is 20.5 Å². The zero-order chi connectivity index (χ0) is 23.0. The highest BCUT2D eigenvalue weighted by atomic mass is 19.1. The molecule has 0 fully saturated rings. The summed E-state index contributed by atoms with van der Waals surface area (Å²) in [6.45, 7) is 2.91. The molecule has 4 aromatic rings. The molecule has 3 aromatic carbocycles. The molecule has 0 spiro atoms. The first kappa shape index (κ1) is 22.4. The molecule has 0 unspecified atom stereocenters. The molecule has 1 heterocycles. The predicted octanol–water partition coefficient (Wildman–Crippen LogP) is 7.25. The van der Waals surface area contributed by atoms with Gasteiger partial charge in [-0.3, -0.25) is 4.98 Å². The molecule has 1 N–H and O–H groups in total. The van der Waals surface area contributed by atoms with Crippen LogP contribution >= 0.6 is 0 Å². The Morgan fingerprint density at radius 1 is 0.909 bits per heavy atom. The van der Waals surface area contributed by atoms with Gasteiger partial charge in [0.05, 0.1) is 18.5 Å². The first-order valence-electron chi connectivity index (χ1n) is 10.6. The highest BCUT2D eigenvalue weighted by Crippen LogP contribution is 2.34. The predicted molar refractivity (Wildman–Crippen MR) is 130 cm³/mol. The second kappa shape index (κ2) is 10.7. The monoisotopic (exact) mass is 450 g/mol. The third-order valence-corrected chi connectivity index (χ3v) is 5.01. The summed E-state index contributed by atoms with van der Waals surface area (Å²) < 4.78 is 39.0. The maximum Gasteiger partial charge on any atom is 0.155 e. The minimum Gasteiger partial charge on any atom is -0.455 e. The van der Waals surface area contributed by atoms with E-state index in [0.29, 0.717) is 35.1 Å². The van der Waals surface area contributed by atoms with Crippen LogP contribution in [0.2, 0.25) is 0 Å². The van der Waals surface area contributed by atoms with Crippen molar-refractivity contribution in [3.8, 4) is 22.8 Å². The molecule has 4 rings (SSSR count). The molecule has 0 amide bonds. The van der Waals surface area contributed by atoms with Crippen LogP contribution in [0.4, 0.5) is 14.5 Å². The third-order valence-electron chi connectivity index (χ3n) is 5.01. The lowest BCUT2D eigenvalue weighted by Gasteiger charge is -2.14. The summed E-state index contributed by atoms with van der Waals surface area (Å²) in [6, 6.07) is 22.0. The van der Waals surface area contributed by atoms with Crippen LogP contribution in [-0.2, 0) is 11.2 Å². The van der Waals surface area contributed by atoms with E-state index in [1.54, 1.807) is 36.5 Å². The lowest BCUT2D eigenvalue weighted by atomic mass is 10.1. The van der Waals surface area contributed by atoms with Gasteiger partial charge in [0.25, 0.3) is 0 Å². The van der Waals surface area contributed by atoms with Gasteiger partial charge in [0.2, 0.25) is 0 Å². The molecule has 4 nitrogen and oxygen atoms in total. The van der Waals surface area contributed by atoms with E-state index in [4.69, 9.17) is 9.47 Å². The zero-order valence-electron chi connectivity index (χ0n) is 18.2. The number of hydrogen-bond donors (Lipinski definition) is 1. The summed E-state index contributed by atoms with van der Waals surface area (Å²) in [7, 11) is 0. The topological polar surface area (TPSA) is 43.4 Å². The molecule has 33 heavy (non-hydrogen) atoms. The van der Waals surface area contributed by atoms with Crippen LogP contribution in [0.5, 0.6) is 11.5 Å². The Bertz CT molecular complexity index is 1220. The van der Waals surface area contributed by atoms with Crippen molar-refractivity contribution in [1.29, 1.82) is 0 Å². The van der Waals surface area contributed by atoms with Gasteiger partial charge < -0.3 is 14.8 Å². The fraction of sp³-hybridized carbons (Fsp3) is 0.148. The van der Waals surface area contributed by atoms with Crippen molar-refractivity contribution in [2.24, 2.45) is 0 Å². The van der Waals surface area contributed by atoms with Gasteiger partial charge in [-0.15, -0.1) is 0 Å². The molecule has 0 bridgehead atoms. The van der Waals surface area contributed by atoms with Gasteiger partial charge in [0.15, 0.2) is 5.75 Å². The van der Waals surface area contributed by atoms with Crippen LogP contribution in [0.1, 0.15) is 14.0 Å². The molecule has 0 aliphatic carbocycles. The van der Waals surface area contributed by atoms with Crippen molar-refractivity contribution < 1.29 is 21.1 Å². The standard InChI is InChI=1S/C27H24F2N2O2.2H2/c1-19-8-10-20(11-9-19)12-13-32-18-31-24-16-26(33-25-7-3-6-23(29)15-25)27(30-17-24)21-4-2-5-22(28)14-21;;/h2-11,14-17,31H,12-13,18H2,1H3;2*1H. The maximum absolute atomic E-state index is 13.8. The quantitative estimate of drug-likeness (QED) is 0.215. The van der Waals surface area contributed by atoms with Gasteiger partial charge >= 0.3 is 0 Å². The first-order chi connectivity index (χ1) is 16.1. The molecule has 0 saturated heterocycles. The molecular weight excluding hydrogens is 422 g/mol. The van der Waals surface area contributed by atoms with Crippen molar-refractivity contribution in [3.05, 3.63) is 108 Å². The van der Waals surface area contributed by atoms with E-state index in [1.807, 2.05) is 0 Å². The summed E-state index contributed by atoms with van der Waals surface area (Å²) in [5.74, 6) is -0.101. The number of halogens is 2. The molecule has 0 radical (unpaired) electrons. The number of nitrogens with zero attached hydrogens (tertiary/aromatic N) is 1. The smallest absolute Gasteiger partial charge is 0.155 e. The Hall–Kier alpha value is -3.77. The molecule has 0 aliphatic rings. The van der Waals surface area contributed by atoms with Gasteiger partial charge in [-0.2, -0.15) is 0 Å². The van der Waals surface area contributed by atoms with Gasteiger partial charge in [-0.1, -0.05) is 48.0 Å². The van der Waals surface area contributed by atoms with Crippen molar-refractivity contribution in [2.45, 2.75) is 13.3 Å². The molecule has 0 saturated carbocycles. The van der Waals surface area contributed by atoms with E-state index in [9.17, 15) is 8.78 Å². The van der Waals surface area contributed by atoms with Crippen LogP contribution in [0.15, 0.2) is 85.1 Å². The van der Waals surface area contributed by atoms with Crippen molar-refractivity contribution in [2.75, 3.05) is 18.7 Å². The molecule has 0 aliphatic heterocycles. The largest absolute Gasteiger partial charge is 0.455 e. The van der Waals surface area contributed by atoms with Crippen LogP contribution < -0.4 is 10.1 Å². The average Bonchev–Trinajstić information content (AvgIpc) is 2.80. The minimum atomic E-state index is -0.413. The summed E-state index contributed by atoms with van der Waals surface area (Å²) >= 11 is 0. The number of anilines is 1. The molecule has 172 valence electrons. The number of rotatable bonds is 9. The third kappa shape index (κ3) is 6.37. The van der Waals surface area contributed by atoms with Crippen LogP contribution in [0.25, 0.3) is 11.3 Å². The fourth-order valence-electron chi connectivity index (χ4n) is 3.28. The summed E-state index contributed by atoms with van der Waals surface area (Å²) in [5.41, 5.74) is 4.11. The highest BCUT2D eigenvalue weighted by Gasteiger charge is 2.12. The first-order valence-corrected chi connectivity index (χ1v) is 10.6. The lowest BCUT2D eigenvalue weighted by Crippen LogP contribution is -2.09. The summed E-state index contributed by atoms with van der Waals surface area (Å²) in [4.78, 5) is 4.46. The highest BCUT2D eigenvalue weighted by molar-refractivity contribution is 5.69. The van der Waals surface area contributed by atoms with E-state index in [1.165, 1.54) is 35.4 Å². The zero-order valence-corrected chi connectivity index (χ0v) is 18.2. The maximum atomic E-state index is 13.8. The van der Waals surface area contributed by atoms with Crippen LogP contribution in [0.3, 0.4) is 0 Å². The number of aryl methyl sites for hydroxylation is 1. The lowest BCUT2D eigenvalue weighted by molar-refractivity contribution is 0.155. The molecule has 0 atom stereocenters. The minimum absolute atomic E-state index is 0. The SMILES string of the molecule is Cc1ccc(CCOCNc2cnc(-c3cccc(F)c3)c(Oc3cccc(F)c3)c2)cc1.[HH].[HH]. The normalized spacial score (nSPS) is 10.8. The van der Waals surface area contributed by atoms with Crippen LogP contribution in [0, 0.1) is 18.6 Å². The van der Waals surface area contributed by atoms with Crippen molar-refractivity contribution in [1.82, 2.24) is 4.98 Å². The van der Waals surface area contributed by atoms with Crippen molar-refractivity contribution >= 4 is 5.69 Å². The number of aromatic nitrogens is 1. The van der Waals surface area contributed by atoms with E-state index < -0.39 is 5.82 Å². The van der Waals surface area contributed by atoms with E-state index in [-0.39, 0.29) is 15.4 Å². The van der Waals surface area contributed by atoms with Gasteiger partial charge in [0.1, 0.15) is 29.8 Å². The number of pyridine rings is 1. The number of hydrogen-bond acceptors (Lipinski definition) is 4. The Labute approximate surface area is 194 Å². The van der Waals surface area contributed by atoms with Gasteiger partial charge in [-0.25, -0.2) is 8.78 Å². The van der Waals surface area contributed by atoms with Gasteiger partial charge in [-0.05, 0) is 43.2 Å². The Kier molecular flexibility index (Phi) is 7.27. The average molecular weight is 451 g/mol. The Morgan fingerprint density at radius 2 is 1.67 bits per heavy atom. The molecule has 6 heteroatoms. The van der Waals surface area contributed by atoms with E-state index >= 15 is 0 Å². The van der Waals surface area contributed by atoms with E-state index in [2.05, 4.69) is 41.5 Å². The molecular formula is C27H28F2N2O2. The summed E-state index contributed by atoms with van der Waals surface area (Å²) in [6.07, 6.45) is 2.44. The fourth-order valence-corrected chi connectivity index (χ4v) is 3.28. The van der Waals surface area contributed by atoms with E-state index in [0.717, 1.165) is 6.42 Å². The second-order valence-electron chi connectivity index (χ2n) is 7.61. The van der Waals surface area contributed by atoms with Crippen LogP contribution in [-0.4, -0.2) is 18.3 Å². The Balaban J connectivity index is 0.00000216. The number of benzene rings is 3. The molecule has 1 aromatic heterocycles. The second-order valence-corrected chi connectivity index (χ2v) is 7.61.